The van der Waals surface area contributed by atoms with Crippen LogP contribution in [0.25, 0.3) is 0 Å². The number of anilines is 1. The Hall–Kier alpha value is -2.11. The van der Waals surface area contributed by atoms with Crippen LogP contribution in [-0.2, 0) is 0 Å². The van der Waals surface area contributed by atoms with Gasteiger partial charge in [0.1, 0.15) is 5.82 Å². The molecular weight excluding hydrogens is 275 g/mol. The van der Waals surface area contributed by atoms with Crippen LogP contribution >= 0.6 is 0 Å². The zero-order chi connectivity index (χ0) is 15.6. The number of rotatable bonds is 2. The molecule has 1 aromatic rings. The second kappa shape index (κ2) is 6.11. The molecule has 2 unspecified atom stereocenters. The number of piperidine rings is 1. The monoisotopic (exact) mass is 294 g/mol. The number of amides is 2. The normalized spacial score (nSPS) is 22.0. The number of carbonyl (C=O) groups is 2. The molecule has 2 atom stereocenters. The SMILES string of the molecule is CC1CCN(C(=O)Nc2ccc(F)cc2C(=O)O)CC1C. The lowest BCUT2D eigenvalue weighted by molar-refractivity contribution is 0.0697. The predicted octanol–water partition coefficient (Wildman–Crippen LogP) is 3.03. The minimum absolute atomic E-state index is 0.111. The highest BCUT2D eigenvalue weighted by atomic mass is 19.1. The molecule has 2 N–H and O–H groups in total. The number of carboxylic acids is 1. The van der Waals surface area contributed by atoms with Gasteiger partial charge in [0.2, 0.25) is 0 Å². The molecule has 0 aromatic heterocycles. The van der Waals surface area contributed by atoms with E-state index in [-0.39, 0.29) is 17.3 Å². The average Bonchev–Trinajstić information content (AvgIpc) is 2.43. The molecule has 21 heavy (non-hydrogen) atoms. The fraction of sp³-hybridized carbons (Fsp3) is 0.467. The number of carboxylic acid groups (broad SMARTS) is 1. The first-order valence-corrected chi connectivity index (χ1v) is 6.97. The molecule has 1 fully saturated rings. The minimum Gasteiger partial charge on any atom is -0.478 e. The number of benzene rings is 1. The maximum atomic E-state index is 13.1. The first-order valence-electron chi connectivity index (χ1n) is 6.97. The van der Waals surface area contributed by atoms with Crippen molar-refractivity contribution in [3.63, 3.8) is 0 Å². The van der Waals surface area contributed by atoms with E-state index in [1.807, 2.05) is 0 Å². The Morgan fingerprint density at radius 1 is 1.33 bits per heavy atom. The van der Waals surface area contributed by atoms with Crippen LogP contribution in [0, 0.1) is 17.7 Å². The van der Waals surface area contributed by atoms with Gasteiger partial charge < -0.3 is 15.3 Å². The molecule has 0 saturated carbocycles. The summed E-state index contributed by atoms with van der Waals surface area (Å²) in [4.78, 5) is 25.0. The zero-order valence-corrected chi connectivity index (χ0v) is 12.1. The van der Waals surface area contributed by atoms with Crippen LogP contribution < -0.4 is 5.32 Å². The smallest absolute Gasteiger partial charge is 0.337 e. The number of hydrogen-bond acceptors (Lipinski definition) is 2. The molecular formula is C15H19FN2O3. The molecule has 1 saturated heterocycles. The van der Waals surface area contributed by atoms with Crippen LogP contribution in [0.3, 0.4) is 0 Å². The van der Waals surface area contributed by atoms with Gasteiger partial charge in [-0.3, -0.25) is 0 Å². The molecule has 0 radical (unpaired) electrons. The topological polar surface area (TPSA) is 69.6 Å². The third-order valence-electron chi connectivity index (χ3n) is 4.07. The van der Waals surface area contributed by atoms with Crippen molar-refractivity contribution in [1.29, 1.82) is 0 Å². The van der Waals surface area contributed by atoms with Gasteiger partial charge in [-0.1, -0.05) is 13.8 Å². The van der Waals surface area contributed by atoms with E-state index in [1.54, 1.807) is 4.90 Å². The molecule has 2 rings (SSSR count). The van der Waals surface area contributed by atoms with Crippen molar-refractivity contribution in [2.75, 3.05) is 18.4 Å². The lowest BCUT2D eigenvalue weighted by atomic mass is 9.89. The standard InChI is InChI=1S/C15H19FN2O3/c1-9-5-6-18(8-10(9)2)15(21)17-13-4-3-11(16)7-12(13)14(19)20/h3-4,7,9-10H,5-6,8H2,1-2H3,(H,17,21)(H,19,20). The molecule has 2 amide bonds. The van der Waals surface area contributed by atoms with Crippen molar-refractivity contribution in [2.45, 2.75) is 20.3 Å². The third-order valence-corrected chi connectivity index (χ3v) is 4.07. The Bertz CT molecular complexity index is 562. The van der Waals surface area contributed by atoms with Gasteiger partial charge in [0, 0.05) is 13.1 Å². The molecule has 1 aromatic carbocycles. The molecule has 1 heterocycles. The highest BCUT2D eigenvalue weighted by molar-refractivity contribution is 6.00. The van der Waals surface area contributed by atoms with Gasteiger partial charge in [-0.25, -0.2) is 14.0 Å². The quantitative estimate of drug-likeness (QED) is 0.880. The Morgan fingerprint density at radius 2 is 2.05 bits per heavy atom. The van der Waals surface area contributed by atoms with Crippen molar-refractivity contribution in [3.8, 4) is 0 Å². The summed E-state index contributed by atoms with van der Waals surface area (Å²) in [5.41, 5.74) is -0.137. The number of halogens is 1. The third kappa shape index (κ3) is 3.51. The summed E-state index contributed by atoms with van der Waals surface area (Å²) in [7, 11) is 0. The summed E-state index contributed by atoms with van der Waals surface area (Å²) >= 11 is 0. The van der Waals surface area contributed by atoms with Crippen molar-refractivity contribution in [1.82, 2.24) is 4.90 Å². The van der Waals surface area contributed by atoms with E-state index < -0.39 is 11.8 Å². The first kappa shape index (κ1) is 15.3. The molecule has 1 aliphatic heterocycles. The van der Waals surface area contributed by atoms with E-state index in [0.717, 1.165) is 18.6 Å². The maximum Gasteiger partial charge on any atom is 0.337 e. The Kier molecular flexibility index (Phi) is 4.45. The Labute approximate surface area is 122 Å². The van der Waals surface area contributed by atoms with Crippen LogP contribution in [0.1, 0.15) is 30.6 Å². The van der Waals surface area contributed by atoms with Crippen LogP contribution in [0.2, 0.25) is 0 Å². The summed E-state index contributed by atoms with van der Waals surface area (Å²) < 4.78 is 13.1. The predicted molar refractivity (Wildman–Crippen MR) is 76.9 cm³/mol. The van der Waals surface area contributed by atoms with Crippen molar-refractivity contribution < 1.29 is 19.1 Å². The fourth-order valence-electron chi connectivity index (χ4n) is 2.44. The van der Waals surface area contributed by atoms with Gasteiger partial charge in [0.25, 0.3) is 0 Å². The number of carbonyl (C=O) groups excluding carboxylic acids is 1. The molecule has 1 aliphatic rings. The average molecular weight is 294 g/mol. The van der Waals surface area contributed by atoms with E-state index >= 15 is 0 Å². The second-order valence-corrected chi connectivity index (χ2v) is 5.61. The van der Waals surface area contributed by atoms with Crippen LogP contribution in [0.15, 0.2) is 18.2 Å². The number of aromatic carboxylic acids is 1. The van der Waals surface area contributed by atoms with E-state index in [4.69, 9.17) is 5.11 Å². The summed E-state index contributed by atoms with van der Waals surface area (Å²) in [6, 6.07) is 2.96. The van der Waals surface area contributed by atoms with Crippen LogP contribution in [0.5, 0.6) is 0 Å². The Balaban J connectivity index is 2.11. The highest BCUT2D eigenvalue weighted by Crippen LogP contribution is 2.24. The number of urea groups is 1. The van der Waals surface area contributed by atoms with Crippen LogP contribution in [-0.4, -0.2) is 35.1 Å². The lowest BCUT2D eigenvalue weighted by Crippen LogP contribution is -2.44. The molecule has 0 bridgehead atoms. The van der Waals surface area contributed by atoms with E-state index in [0.29, 0.717) is 24.9 Å². The Morgan fingerprint density at radius 3 is 2.67 bits per heavy atom. The van der Waals surface area contributed by atoms with Crippen molar-refractivity contribution in [2.24, 2.45) is 11.8 Å². The van der Waals surface area contributed by atoms with E-state index in [2.05, 4.69) is 19.2 Å². The summed E-state index contributed by atoms with van der Waals surface area (Å²) in [5, 5.41) is 11.6. The van der Waals surface area contributed by atoms with Gasteiger partial charge in [-0.15, -0.1) is 0 Å². The summed E-state index contributed by atoms with van der Waals surface area (Å²) in [6.45, 7) is 5.52. The highest BCUT2D eigenvalue weighted by Gasteiger charge is 2.26. The summed E-state index contributed by atoms with van der Waals surface area (Å²) in [5.74, 6) is -0.956. The molecule has 0 aliphatic carbocycles. The molecule has 5 nitrogen and oxygen atoms in total. The van der Waals surface area contributed by atoms with Gasteiger partial charge in [0.05, 0.1) is 11.3 Å². The van der Waals surface area contributed by atoms with Crippen molar-refractivity contribution >= 4 is 17.7 Å². The van der Waals surface area contributed by atoms with Gasteiger partial charge in [-0.2, -0.15) is 0 Å². The number of hydrogen-bond donors (Lipinski definition) is 2. The number of nitrogens with zero attached hydrogens (tertiary/aromatic N) is 1. The largest absolute Gasteiger partial charge is 0.478 e. The lowest BCUT2D eigenvalue weighted by Gasteiger charge is -2.35. The molecule has 0 spiro atoms. The van der Waals surface area contributed by atoms with Gasteiger partial charge in [-0.05, 0) is 36.5 Å². The van der Waals surface area contributed by atoms with Crippen LogP contribution in [0.4, 0.5) is 14.9 Å². The van der Waals surface area contributed by atoms with E-state index in [9.17, 15) is 14.0 Å². The molecule has 114 valence electrons. The first-order chi connectivity index (χ1) is 9.88. The number of nitrogens with one attached hydrogen (secondary N) is 1. The fourth-order valence-corrected chi connectivity index (χ4v) is 2.44. The summed E-state index contributed by atoms with van der Waals surface area (Å²) in [6.07, 6.45) is 0.920. The van der Waals surface area contributed by atoms with Crippen molar-refractivity contribution in [3.05, 3.63) is 29.6 Å². The minimum atomic E-state index is -1.27. The van der Waals surface area contributed by atoms with E-state index in [1.165, 1.54) is 6.07 Å². The zero-order valence-electron chi connectivity index (χ0n) is 12.1. The number of likely N-dealkylation sites (tertiary alicyclic amines) is 1. The molecule has 6 heteroatoms. The second-order valence-electron chi connectivity index (χ2n) is 5.61. The van der Waals surface area contributed by atoms with Gasteiger partial charge in [0.15, 0.2) is 0 Å². The maximum absolute atomic E-state index is 13.1. The van der Waals surface area contributed by atoms with Gasteiger partial charge >= 0.3 is 12.0 Å².